The van der Waals surface area contributed by atoms with Crippen molar-refractivity contribution in [3.8, 4) is 5.75 Å². The van der Waals surface area contributed by atoms with Crippen molar-refractivity contribution in [2.75, 3.05) is 0 Å². The summed E-state index contributed by atoms with van der Waals surface area (Å²) in [4.78, 5) is 4.37. The molecule has 0 amide bonds. The molecule has 1 aromatic heterocycles. The predicted molar refractivity (Wildman–Crippen MR) is 75.0 cm³/mol. The van der Waals surface area contributed by atoms with Gasteiger partial charge in [-0.15, -0.1) is 11.3 Å². The third-order valence-corrected chi connectivity index (χ3v) is 3.43. The van der Waals surface area contributed by atoms with Gasteiger partial charge in [0.1, 0.15) is 17.4 Å². The van der Waals surface area contributed by atoms with Crippen LogP contribution in [-0.2, 0) is 13.0 Å². The Hall–Kier alpha value is -1.39. The lowest BCUT2D eigenvalue weighted by Gasteiger charge is -2.08. The normalized spacial score (nSPS) is 12.4. The Morgan fingerprint density at radius 3 is 2.94 bits per heavy atom. The number of aryl methyl sites for hydroxylation is 1. The van der Waals surface area contributed by atoms with E-state index in [2.05, 4.69) is 11.1 Å². The molecule has 0 radical (unpaired) electrons. The van der Waals surface area contributed by atoms with Crippen molar-refractivity contribution in [2.24, 2.45) is 5.73 Å². The maximum Gasteiger partial charge on any atom is 0.140 e. The van der Waals surface area contributed by atoms with Crippen molar-refractivity contribution >= 4 is 11.3 Å². The zero-order chi connectivity index (χ0) is 13.0. The highest BCUT2D eigenvalue weighted by atomic mass is 32.1. The highest BCUT2D eigenvalue weighted by molar-refractivity contribution is 7.09. The maximum atomic E-state index is 5.79. The molecule has 3 nitrogen and oxygen atoms in total. The molecule has 0 bridgehead atoms. The minimum atomic E-state index is 0.168. The van der Waals surface area contributed by atoms with E-state index in [1.54, 1.807) is 11.3 Å². The molecule has 2 aromatic rings. The van der Waals surface area contributed by atoms with Crippen LogP contribution in [0.15, 0.2) is 29.6 Å². The van der Waals surface area contributed by atoms with E-state index >= 15 is 0 Å². The summed E-state index contributed by atoms with van der Waals surface area (Å²) in [5, 5.41) is 3.04. The lowest BCUT2D eigenvalue weighted by Crippen LogP contribution is -2.17. The predicted octanol–water partition coefficient (Wildman–Crippen LogP) is 2.92. The Balaban J connectivity index is 1.96. The van der Waals surface area contributed by atoms with Crippen LogP contribution in [0.2, 0.25) is 0 Å². The highest BCUT2D eigenvalue weighted by Gasteiger charge is 2.02. The van der Waals surface area contributed by atoms with Crippen molar-refractivity contribution in [1.82, 2.24) is 4.98 Å². The summed E-state index contributed by atoms with van der Waals surface area (Å²) in [6.07, 6.45) is 0.869. The smallest absolute Gasteiger partial charge is 0.140 e. The van der Waals surface area contributed by atoms with Gasteiger partial charge >= 0.3 is 0 Å². The van der Waals surface area contributed by atoms with E-state index in [0.29, 0.717) is 6.61 Å². The molecule has 0 aliphatic carbocycles. The van der Waals surface area contributed by atoms with Crippen LogP contribution >= 0.6 is 11.3 Å². The summed E-state index contributed by atoms with van der Waals surface area (Å²) in [5.41, 5.74) is 8.05. The Morgan fingerprint density at radius 2 is 2.28 bits per heavy atom. The third kappa shape index (κ3) is 3.82. The number of ether oxygens (including phenoxy) is 1. The highest BCUT2D eigenvalue weighted by Crippen LogP contribution is 2.17. The largest absolute Gasteiger partial charge is 0.486 e. The second kappa shape index (κ2) is 5.98. The van der Waals surface area contributed by atoms with Crippen LogP contribution in [0.4, 0.5) is 0 Å². The summed E-state index contributed by atoms with van der Waals surface area (Å²) in [5.74, 6) is 0.876. The van der Waals surface area contributed by atoms with Gasteiger partial charge in [-0.2, -0.15) is 0 Å². The number of hydrogen-bond donors (Lipinski definition) is 1. The van der Waals surface area contributed by atoms with Crippen LogP contribution < -0.4 is 10.5 Å². The van der Waals surface area contributed by atoms with Crippen molar-refractivity contribution in [1.29, 1.82) is 0 Å². The van der Waals surface area contributed by atoms with E-state index in [0.717, 1.165) is 22.9 Å². The van der Waals surface area contributed by atoms with Crippen LogP contribution in [-0.4, -0.2) is 11.0 Å². The van der Waals surface area contributed by atoms with Gasteiger partial charge in [-0.25, -0.2) is 4.98 Å². The first-order chi connectivity index (χ1) is 8.63. The minimum absolute atomic E-state index is 0.168. The van der Waals surface area contributed by atoms with Gasteiger partial charge in [-0.1, -0.05) is 12.1 Å². The van der Waals surface area contributed by atoms with Crippen molar-refractivity contribution in [3.63, 3.8) is 0 Å². The number of nitrogens with zero attached hydrogens (tertiary/aromatic N) is 1. The van der Waals surface area contributed by atoms with Crippen LogP contribution in [0.5, 0.6) is 5.75 Å². The zero-order valence-corrected chi connectivity index (χ0v) is 11.5. The Bertz CT molecular complexity index is 508. The van der Waals surface area contributed by atoms with Gasteiger partial charge < -0.3 is 10.5 Å². The van der Waals surface area contributed by atoms with E-state index in [4.69, 9.17) is 10.5 Å². The average molecular weight is 262 g/mol. The number of rotatable bonds is 5. The van der Waals surface area contributed by atoms with Crippen molar-refractivity contribution in [3.05, 3.63) is 45.9 Å². The first-order valence-corrected chi connectivity index (χ1v) is 6.90. The lowest BCUT2D eigenvalue weighted by molar-refractivity contribution is 0.305. The molecule has 1 heterocycles. The fourth-order valence-electron chi connectivity index (χ4n) is 1.75. The number of nitrogens with two attached hydrogens (primary N) is 1. The van der Waals surface area contributed by atoms with Gasteiger partial charge in [0.05, 0.1) is 0 Å². The van der Waals surface area contributed by atoms with Crippen molar-refractivity contribution < 1.29 is 4.74 Å². The van der Waals surface area contributed by atoms with E-state index in [1.807, 2.05) is 37.4 Å². The number of hydrogen-bond acceptors (Lipinski definition) is 4. The molecule has 0 spiro atoms. The summed E-state index contributed by atoms with van der Waals surface area (Å²) in [7, 11) is 0. The molecule has 1 unspecified atom stereocenters. The molecule has 1 atom stereocenters. The van der Waals surface area contributed by atoms with Crippen LogP contribution in [0.1, 0.15) is 23.2 Å². The van der Waals surface area contributed by atoms with Gasteiger partial charge in [0, 0.05) is 17.1 Å². The number of thiazole rings is 1. The quantitative estimate of drug-likeness (QED) is 0.901. The fourth-order valence-corrected chi connectivity index (χ4v) is 2.43. The zero-order valence-electron chi connectivity index (χ0n) is 10.7. The number of benzene rings is 1. The van der Waals surface area contributed by atoms with Crippen LogP contribution in [0, 0.1) is 6.92 Å². The van der Waals surface area contributed by atoms with Gasteiger partial charge in [0.25, 0.3) is 0 Å². The van der Waals surface area contributed by atoms with E-state index < -0.39 is 0 Å². The SMILES string of the molecule is Cc1csc(COc2cccc(CC(C)N)c2)n1. The second-order valence-electron chi connectivity index (χ2n) is 4.50. The van der Waals surface area contributed by atoms with E-state index in [1.165, 1.54) is 5.56 Å². The summed E-state index contributed by atoms with van der Waals surface area (Å²) in [6.45, 7) is 4.52. The Labute approximate surface area is 112 Å². The fraction of sp³-hybridized carbons (Fsp3) is 0.357. The average Bonchev–Trinajstić information content (AvgIpc) is 2.72. The summed E-state index contributed by atoms with van der Waals surface area (Å²) in [6, 6.07) is 8.25. The molecule has 1 aromatic carbocycles. The molecule has 2 N–H and O–H groups in total. The van der Waals surface area contributed by atoms with E-state index in [-0.39, 0.29) is 6.04 Å². The molecule has 0 aliphatic rings. The summed E-state index contributed by atoms with van der Waals surface area (Å²) < 4.78 is 5.73. The molecule has 96 valence electrons. The third-order valence-electron chi connectivity index (χ3n) is 2.49. The molecule has 0 saturated heterocycles. The first kappa shape index (κ1) is 13.1. The van der Waals surface area contributed by atoms with Crippen LogP contribution in [0.3, 0.4) is 0 Å². The van der Waals surface area contributed by atoms with Gasteiger partial charge in [0.2, 0.25) is 0 Å². The summed E-state index contributed by atoms with van der Waals surface area (Å²) >= 11 is 1.63. The molecular formula is C14H18N2OS. The monoisotopic (exact) mass is 262 g/mol. The Kier molecular flexibility index (Phi) is 4.33. The lowest BCUT2D eigenvalue weighted by atomic mass is 10.1. The maximum absolute atomic E-state index is 5.79. The molecule has 0 saturated carbocycles. The van der Waals surface area contributed by atoms with Gasteiger partial charge in [-0.05, 0) is 38.0 Å². The van der Waals surface area contributed by atoms with Gasteiger partial charge in [0.15, 0.2) is 0 Å². The number of aromatic nitrogens is 1. The van der Waals surface area contributed by atoms with Crippen LogP contribution in [0.25, 0.3) is 0 Å². The standard InChI is InChI=1S/C14H18N2OS/c1-10(15)6-12-4-3-5-13(7-12)17-8-14-16-11(2)9-18-14/h3-5,7,9-10H,6,8,15H2,1-2H3. The molecule has 18 heavy (non-hydrogen) atoms. The molecule has 0 aliphatic heterocycles. The van der Waals surface area contributed by atoms with E-state index in [9.17, 15) is 0 Å². The Morgan fingerprint density at radius 1 is 1.44 bits per heavy atom. The van der Waals surface area contributed by atoms with Crippen molar-refractivity contribution in [2.45, 2.75) is 32.9 Å². The molecule has 0 fully saturated rings. The molecule has 2 rings (SSSR count). The topological polar surface area (TPSA) is 48.1 Å². The minimum Gasteiger partial charge on any atom is -0.486 e. The molecular weight excluding hydrogens is 244 g/mol. The molecule has 4 heteroatoms. The van der Waals surface area contributed by atoms with Gasteiger partial charge in [-0.3, -0.25) is 0 Å². The second-order valence-corrected chi connectivity index (χ2v) is 5.44. The first-order valence-electron chi connectivity index (χ1n) is 6.02.